The van der Waals surface area contributed by atoms with Crippen LogP contribution in [-0.4, -0.2) is 24.5 Å². The minimum absolute atomic E-state index is 0.242. The van der Waals surface area contributed by atoms with E-state index in [1.54, 1.807) is 19.1 Å². The molecule has 0 aliphatic carbocycles. The van der Waals surface area contributed by atoms with Crippen LogP contribution in [0.3, 0.4) is 0 Å². The summed E-state index contributed by atoms with van der Waals surface area (Å²) in [6, 6.07) is 11.0. The number of hydrogen-bond donors (Lipinski definition) is 2. The largest absolute Gasteiger partial charge is 0.484 e. The maximum Gasteiger partial charge on any atom is 0.279 e. The number of nitrogens with one attached hydrogen (secondary N) is 2. The smallest absolute Gasteiger partial charge is 0.279 e. The Morgan fingerprint density at radius 3 is 2.21 bits per heavy atom. The lowest BCUT2D eigenvalue weighted by Gasteiger charge is -2.15. The lowest BCUT2D eigenvalue weighted by Crippen LogP contribution is -2.48. The van der Waals surface area contributed by atoms with Crippen molar-refractivity contribution in [1.29, 1.82) is 0 Å². The fourth-order valence-electron chi connectivity index (χ4n) is 2.47. The Hall–Kier alpha value is -2.73. The van der Waals surface area contributed by atoms with Gasteiger partial charge in [0.15, 0.2) is 12.7 Å². The summed E-state index contributed by atoms with van der Waals surface area (Å²) < 4.78 is 11.0. The molecule has 0 heterocycles. The molecule has 2 rings (SSSR count). The van der Waals surface area contributed by atoms with Gasteiger partial charge in [-0.25, -0.2) is 0 Å². The van der Waals surface area contributed by atoms with Gasteiger partial charge in [-0.3, -0.25) is 20.4 Å². The van der Waals surface area contributed by atoms with E-state index in [9.17, 15) is 9.59 Å². The van der Waals surface area contributed by atoms with Crippen LogP contribution in [0.4, 0.5) is 0 Å². The number of carbonyl (C=O) groups is 2. The molecule has 0 aliphatic heterocycles. The monoisotopic (exact) mass is 404 g/mol. The first-order valence-corrected chi connectivity index (χ1v) is 9.41. The van der Waals surface area contributed by atoms with E-state index in [1.165, 1.54) is 5.56 Å². The molecule has 28 heavy (non-hydrogen) atoms. The van der Waals surface area contributed by atoms with E-state index in [-0.39, 0.29) is 6.61 Å². The number of rotatable bonds is 7. The summed E-state index contributed by atoms with van der Waals surface area (Å²) in [4.78, 5) is 24.0. The Balaban J connectivity index is 1.77. The molecule has 2 amide bonds. The molecule has 0 saturated carbocycles. The van der Waals surface area contributed by atoms with E-state index >= 15 is 0 Å². The average molecular weight is 405 g/mol. The van der Waals surface area contributed by atoms with Gasteiger partial charge >= 0.3 is 0 Å². The van der Waals surface area contributed by atoms with Crippen LogP contribution in [0, 0.1) is 13.8 Å². The Bertz CT molecular complexity index is 814. The Morgan fingerprint density at radius 1 is 1.04 bits per heavy atom. The number of halogens is 1. The van der Waals surface area contributed by atoms with Crippen molar-refractivity contribution in [2.24, 2.45) is 0 Å². The first-order valence-electron chi connectivity index (χ1n) is 9.04. The first kappa shape index (κ1) is 21.6. The normalized spacial score (nSPS) is 11.5. The van der Waals surface area contributed by atoms with Crippen molar-refractivity contribution in [3.8, 4) is 11.5 Å². The second kappa shape index (κ2) is 9.99. The molecule has 6 nitrogen and oxygen atoms in total. The van der Waals surface area contributed by atoms with Crippen molar-refractivity contribution < 1.29 is 19.1 Å². The van der Waals surface area contributed by atoms with Gasteiger partial charge in [-0.15, -0.1) is 0 Å². The Morgan fingerprint density at radius 2 is 1.64 bits per heavy atom. The summed E-state index contributed by atoms with van der Waals surface area (Å²) in [5.74, 6) is 0.167. The van der Waals surface area contributed by atoms with Gasteiger partial charge in [0.25, 0.3) is 11.8 Å². The number of hydrogen-bond acceptors (Lipinski definition) is 4. The molecule has 2 aromatic rings. The standard InChI is InChI=1S/C21H25ClN2O4/c1-5-16-6-8-17(9-7-16)28-15(4)21(26)24-23-19(25)12-27-18-10-13(2)20(22)14(3)11-18/h6-11,15H,5,12H2,1-4H3,(H,23,25)(H,24,26). The summed E-state index contributed by atoms with van der Waals surface area (Å²) in [6.07, 6.45) is 0.162. The lowest BCUT2D eigenvalue weighted by atomic mass is 10.1. The second-order valence-electron chi connectivity index (χ2n) is 6.45. The van der Waals surface area contributed by atoms with Gasteiger partial charge in [0.2, 0.25) is 0 Å². The van der Waals surface area contributed by atoms with Crippen molar-refractivity contribution in [2.75, 3.05) is 6.61 Å². The van der Waals surface area contributed by atoms with Crippen molar-refractivity contribution in [3.63, 3.8) is 0 Å². The summed E-state index contributed by atoms with van der Waals surface area (Å²) in [5, 5.41) is 0.669. The number of ether oxygens (including phenoxy) is 2. The van der Waals surface area contributed by atoms with E-state index in [0.717, 1.165) is 17.5 Å². The molecule has 0 fully saturated rings. The van der Waals surface area contributed by atoms with Gasteiger partial charge in [-0.05, 0) is 68.1 Å². The molecule has 0 radical (unpaired) electrons. The highest BCUT2D eigenvalue weighted by Crippen LogP contribution is 2.25. The van der Waals surface area contributed by atoms with E-state index in [0.29, 0.717) is 16.5 Å². The van der Waals surface area contributed by atoms with Crippen LogP contribution in [-0.2, 0) is 16.0 Å². The summed E-state index contributed by atoms with van der Waals surface area (Å²) in [5.41, 5.74) is 7.55. The summed E-state index contributed by atoms with van der Waals surface area (Å²) in [7, 11) is 0. The molecule has 2 aromatic carbocycles. The zero-order valence-corrected chi connectivity index (χ0v) is 17.2. The third-order valence-corrected chi connectivity index (χ3v) is 4.71. The predicted molar refractivity (Wildman–Crippen MR) is 109 cm³/mol. The second-order valence-corrected chi connectivity index (χ2v) is 6.83. The average Bonchev–Trinajstić information content (AvgIpc) is 2.68. The van der Waals surface area contributed by atoms with Crippen LogP contribution in [0.2, 0.25) is 5.02 Å². The summed E-state index contributed by atoms with van der Waals surface area (Å²) >= 11 is 6.11. The summed E-state index contributed by atoms with van der Waals surface area (Å²) in [6.45, 7) is 7.15. The van der Waals surface area contributed by atoms with Crippen molar-refractivity contribution in [1.82, 2.24) is 10.9 Å². The number of benzene rings is 2. The molecule has 1 unspecified atom stereocenters. The zero-order valence-electron chi connectivity index (χ0n) is 16.5. The van der Waals surface area contributed by atoms with Crippen LogP contribution in [0.15, 0.2) is 36.4 Å². The molecule has 1 atom stereocenters. The molecule has 7 heteroatoms. The molecular formula is C21H25ClN2O4. The van der Waals surface area contributed by atoms with Crippen molar-refractivity contribution in [2.45, 2.75) is 40.2 Å². The zero-order chi connectivity index (χ0) is 20.7. The predicted octanol–water partition coefficient (Wildman–Crippen LogP) is 3.51. The topological polar surface area (TPSA) is 76.7 Å². The Kier molecular flexibility index (Phi) is 7.70. The fourth-order valence-corrected chi connectivity index (χ4v) is 2.58. The van der Waals surface area contributed by atoms with Crippen LogP contribution in [0.25, 0.3) is 0 Å². The van der Waals surface area contributed by atoms with Gasteiger partial charge in [0.1, 0.15) is 11.5 Å². The van der Waals surface area contributed by atoms with Gasteiger partial charge in [-0.2, -0.15) is 0 Å². The minimum Gasteiger partial charge on any atom is -0.484 e. The van der Waals surface area contributed by atoms with E-state index in [2.05, 4.69) is 17.8 Å². The maximum atomic E-state index is 12.1. The Labute approximate surface area is 170 Å². The van der Waals surface area contributed by atoms with E-state index in [4.69, 9.17) is 21.1 Å². The van der Waals surface area contributed by atoms with Crippen LogP contribution >= 0.6 is 11.6 Å². The molecule has 150 valence electrons. The highest BCUT2D eigenvalue weighted by Gasteiger charge is 2.15. The molecule has 0 aliphatic rings. The van der Waals surface area contributed by atoms with Crippen molar-refractivity contribution in [3.05, 3.63) is 58.1 Å². The number of amides is 2. The maximum absolute atomic E-state index is 12.1. The van der Waals surface area contributed by atoms with Gasteiger partial charge < -0.3 is 9.47 Å². The molecule has 0 saturated heterocycles. The van der Waals surface area contributed by atoms with E-state index in [1.807, 2.05) is 38.1 Å². The molecule has 0 bridgehead atoms. The third-order valence-electron chi connectivity index (χ3n) is 4.12. The highest BCUT2D eigenvalue weighted by molar-refractivity contribution is 6.32. The van der Waals surface area contributed by atoms with Crippen LogP contribution < -0.4 is 20.3 Å². The third kappa shape index (κ3) is 6.16. The fraction of sp³-hybridized carbons (Fsp3) is 0.333. The SMILES string of the molecule is CCc1ccc(OC(C)C(=O)NNC(=O)COc2cc(C)c(Cl)c(C)c2)cc1. The first-order chi connectivity index (χ1) is 13.3. The van der Waals surface area contributed by atoms with Crippen LogP contribution in [0.5, 0.6) is 11.5 Å². The van der Waals surface area contributed by atoms with Crippen molar-refractivity contribution >= 4 is 23.4 Å². The van der Waals surface area contributed by atoms with Gasteiger partial charge in [0, 0.05) is 5.02 Å². The highest BCUT2D eigenvalue weighted by atomic mass is 35.5. The minimum atomic E-state index is -0.768. The van der Waals surface area contributed by atoms with Gasteiger partial charge in [-0.1, -0.05) is 30.7 Å². The number of carbonyl (C=O) groups excluding carboxylic acids is 2. The molecule has 0 spiro atoms. The molecule has 2 N–H and O–H groups in total. The van der Waals surface area contributed by atoms with Gasteiger partial charge in [0.05, 0.1) is 0 Å². The quantitative estimate of drug-likeness (QED) is 0.692. The molecule has 0 aromatic heterocycles. The number of hydrazine groups is 1. The number of aryl methyl sites for hydroxylation is 3. The lowest BCUT2D eigenvalue weighted by molar-refractivity contribution is -0.133. The molecular weight excluding hydrogens is 380 g/mol. The van der Waals surface area contributed by atoms with Crippen LogP contribution in [0.1, 0.15) is 30.5 Å². The van der Waals surface area contributed by atoms with E-state index < -0.39 is 17.9 Å².